The smallest absolute Gasteiger partial charge is 0.331 e. The van der Waals surface area contributed by atoms with Crippen LogP contribution in [0.15, 0.2) is 0 Å². The summed E-state index contributed by atoms with van der Waals surface area (Å²) in [5.41, 5.74) is 13.8. The Kier molecular flexibility index (Phi) is 5.06. The van der Waals surface area contributed by atoms with Gasteiger partial charge in [-0.05, 0) is 12.8 Å². The Bertz CT molecular complexity index is 305. The third kappa shape index (κ3) is 3.28. The van der Waals surface area contributed by atoms with Crippen molar-refractivity contribution in [2.45, 2.75) is 37.8 Å². The fraction of sp³-hybridized carbons (Fsp3) is 0.667. The fourth-order valence-corrected chi connectivity index (χ4v) is 1.19. The highest BCUT2D eigenvalue weighted by Gasteiger charge is 2.42. The second-order valence-corrected chi connectivity index (χ2v) is 3.61. The number of carboxylic acids is 1. The van der Waals surface area contributed by atoms with Crippen molar-refractivity contribution in [2.24, 2.45) is 17.2 Å². The lowest BCUT2D eigenvalue weighted by Crippen LogP contribution is -2.59. The van der Waals surface area contributed by atoms with Crippen molar-refractivity contribution in [1.29, 1.82) is 0 Å². The zero-order chi connectivity index (χ0) is 12.9. The van der Waals surface area contributed by atoms with Gasteiger partial charge in [-0.3, -0.25) is 9.59 Å². The van der Waals surface area contributed by atoms with Crippen molar-refractivity contribution in [3.05, 3.63) is 0 Å². The van der Waals surface area contributed by atoms with Gasteiger partial charge in [0, 0.05) is 6.42 Å². The number of amides is 1. The van der Waals surface area contributed by atoms with Crippen LogP contribution in [0.1, 0.15) is 26.2 Å². The van der Waals surface area contributed by atoms with Crippen molar-refractivity contribution in [3.63, 3.8) is 0 Å². The summed E-state index contributed by atoms with van der Waals surface area (Å²) in [6.07, 6.45) is -0.141. The van der Waals surface area contributed by atoms with Crippen molar-refractivity contribution < 1.29 is 19.5 Å². The number of carbonyl (C=O) groups excluding carboxylic acids is 2. The lowest BCUT2D eigenvalue weighted by molar-refractivity contribution is -0.148. The van der Waals surface area contributed by atoms with Crippen LogP contribution >= 0.6 is 0 Å². The molecule has 92 valence electrons. The van der Waals surface area contributed by atoms with Crippen LogP contribution in [-0.4, -0.2) is 34.3 Å². The van der Waals surface area contributed by atoms with E-state index in [1.54, 1.807) is 0 Å². The minimum atomic E-state index is -1.99. The first-order valence-electron chi connectivity index (χ1n) is 4.86. The monoisotopic (exact) mass is 231 g/mol. The summed E-state index contributed by atoms with van der Waals surface area (Å²) in [5, 5.41) is 8.84. The Balaban J connectivity index is 4.63. The van der Waals surface area contributed by atoms with Crippen LogP contribution in [0, 0.1) is 0 Å². The molecule has 0 aromatic heterocycles. The predicted molar refractivity (Wildman–Crippen MR) is 56.3 cm³/mol. The van der Waals surface area contributed by atoms with Gasteiger partial charge in [-0.2, -0.15) is 0 Å². The molecule has 0 saturated heterocycles. The Morgan fingerprint density at radius 1 is 1.38 bits per heavy atom. The largest absolute Gasteiger partial charge is 0.480 e. The quantitative estimate of drug-likeness (QED) is 0.385. The van der Waals surface area contributed by atoms with E-state index in [-0.39, 0.29) is 19.3 Å². The van der Waals surface area contributed by atoms with Crippen LogP contribution in [0.2, 0.25) is 0 Å². The number of hydrogen-bond acceptors (Lipinski definition) is 5. The molecule has 0 spiro atoms. The molecular formula is C9H17N3O4. The molecule has 7 nitrogen and oxygen atoms in total. The molecule has 2 atom stereocenters. The van der Waals surface area contributed by atoms with Gasteiger partial charge in [-0.1, -0.05) is 6.92 Å². The minimum absolute atomic E-state index is 0.000394. The van der Waals surface area contributed by atoms with Crippen LogP contribution in [0.25, 0.3) is 0 Å². The molecule has 0 aliphatic rings. The summed E-state index contributed by atoms with van der Waals surface area (Å²) in [5.74, 6) is -2.81. The fourth-order valence-electron chi connectivity index (χ4n) is 1.19. The lowest BCUT2D eigenvalue weighted by Gasteiger charge is -2.24. The molecule has 0 heterocycles. The van der Waals surface area contributed by atoms with Gasteiger partial charge in [0.05, 0.1) is 6.04 Å². The average Bonchev–Trinajstić information content (AvgIpc) is 2.23. The third-order valence-corrected chi connectivity index (χ3v) is 2.42. The normalized spacial score (nSPS) is 16.2. The predicted octanol–water partition coefficient (Wildman–Crippen LogP) is -1.66. The molecule has 0 rings (SSSR count). The van der Waals surface area contributed by atoms with E-state index >= 15 is 0 Å². The molecular weight excluding hydrogens is 214 g/mol. The number of carboxylic acid groups (broad SMARTS) is 1. The molecule has 0 aromatic rings. The first kappa shape index (κ1) is 14.5. The first-order valence-corrected chi connectivity index (χ1v) is 4.86. The maximum absolute atomic E-state index is 11.7. The molecule has 16 heavy (non-hydrogen) atoms. The maximum Gasteiger partial charge on any atom is 0.331 e. The number of carbonyl (C=O) groups is 3. The highest BCUT2D eigenvalue weighted by Crippen LogP contribution is 2.12. The second-order valence-electron chi connectivity index (χ2n) is 3.61. The number of primary amides is 1. The molecule has 0 aliphatic carbocycles. The zero-order valence-electron chi connectivity index (χ0n) is 9.10. The Morgan fingerprint density at radius 2 is 1.88 bits per heavy atom. The highest BCUT2D eigenvalue weighted by molar-refractivity contribution is 6.09. The van der Waals surface area contributed by atoms with Crippen molar-refractivity contribution in [1.82, 2.24) is 0 Å². The molecule has 0 aliphatic heterocycles. The van der Waals surface area contributed by atoms with Gasteiger partial charge < -0.3 is 22.3 Å². The standard InChI is InChI=1S/C9H17N3O4/c1-2-9(12,8(15)16)7(14)5(10)3-4-6(11)13/h5H,2-4,10,12H2,1H3,(H2,11,13)(H,15,16)/t5-,9?/m0/s1. The summed E-state index contributed by atoms with van der Waals surface area (Å²) in [7, 11) is 0. The number of Topliss-reactive ketones (excluding diaryl/α,β-unsaturated/α-hetero) is 1. The molecule has 0 fully saturated rings. The van der Waals surface area contributed by atoms with Crippen LogP contribution in [0.3, 0.4) is 0 Å². The van der Waals surface area contributed by atoms with Crippen molar-refractivity contribution in [3.8, 4) is 0 Å². The maximum atomic E-state index is 11.7. The molecule has 0 bridgehead atoms. The minimum Gasteiger partial charge on any atom is -0.480 e. The van der Waals surface area contributed by atoms with E-state index in [1.165, 1.54) is 6.92 Å². The second kappa shape index (κ2) is 5.57. The van der Waals surface area contributed by atoms with Crippen LogP contribution in [0.5, 0.6) is 0 Å². The van der Waals surface area contributed by atoms with Crippen molar-refractivity contribution >= 4 is 17.7 Å². The molecule has 7 N–H and O–H groups in total. The molecule has 1 amide bonds. The summed E-state index contributed by atoms with van der Waals surface area (Å²) in [6, 6.07) is -1.09. The van der Waals surface area contributed by atoms with Gasteiger partial charge in [0.2, 0.25) is 5.91 Å². The van der Waals surface area contributed by atoms with E-state index in [1.807, 2.05) is 0 Å². The van der Waals surface area contributed by atoms with Gasteiger partial charge >= 0.3 is 5.97 Å². The number of hydrogen-bond donors (Lipinski definition) is 4. The number of nitrogens with two attached hydrogens (primary N) is 3. The van der Waals surface area contributed by atoms with Crippen molar-refractivity contribution in [2.75, 3.05) is 0 Å². The van der Waals surface area contributed by atoms with Gasteiger partial charge in [-0.25, -0.2) is 4.79 Å². The molecule has 7 heteroatoms. The van der Waals surface area contributed by atoms with E-state index in [0.717, 1.165) is 0 Å². The Hall–Kier alpha value is -1.47. The van der Waals surface area contributed by atoms with E-state index in [9.17, 15) is 14.4 Å². The lowest BCUT2D eigenvalue weighted by atomic mass is 9.86. The van der Waals surface area contributed by atoms with E-state index in [4.69, 9.17) is 22.3 Å². The molecule has 0 saturated carbocycles. The van der Waals surface area contributed by atoms with Gasteiger partial charge in [0.1, 0.15) is 0 Å². The molecule has 0 radical (unpaired) electrons. The average molecular weight is 231 g/mol. The topological polar surface area (TPSA) is 150 Å². The summed E-state index contributed by atoms with van der Waals surface area (Å²) in [6.45, 7) is 1.48. The zero-order valence-corrected chi connectivity index (χ0v) is 9.10. The van der Waals surface area contributed by atoms with Crippen LogP contribution < -0.4 is 17.2 Å². The van der Waals surface area contributed by atoms with Gasteiger partial charge in [-0.15, -0.1) is 0 Å². The van der Waals surface area contributed by atoms with Gasteiger partial charge in [0.15, 0.2) is 11.3 Å². The van der Waals surface area contributed by atoms with Crippen LogP contribution in [0.4, 0.5) is 0 Å². The van der Waals surface area contributed by atoms with E-state index < -0.39 is 29.2 Å². The van der Waals surface area contributed by atoms with Crippen LogP contribution in [-0.2, 0) is 14.4 Å². The highest BCUT2D eigenvalue weighted by atomic mass is 16.4. The Labute approximate surface area is 93.0 Å². The van der Waals surface area contributed by atoms with E-state index in [2.05, 4.69) is 0 Å². The number of rotatable bonds is 7. The molecule has 1 unspecified atom stereocenters. The third-order valence-electron chi connectivity index (χ3n) is 2.42. The van der Waals surface area contributed by atoms with Gasteiger partial charge in [0.25, 0.3) is 0 Å². The SMILES string of the molecule is CCC(N)(C(=O)O)C(=O)[C@@H](N)CCC(N)=O. The summed E-state index contributed by atoms with van der Waals surface area (Å²) < 4.78 is 0. The summed E-state index contributed by atoms with van der Waals surface area (Å²) >= 11 is 0. The number of ketones is 1. The molecule has 0 aromatic carbocycles. The summed E-state index contributed by atoms with van der Waals surface area (Å²) in [4.78, 5) is 33.0. The first-order chi connectivity index (χ1) is 7.25. The Morgan fingerprint density at radius 3 is 2.19 bits per heavy atom. The number of aliphatic carboxylic acids is 1. The van der Waals surface area contributed by atoms with E-state index in [0.29, 0.717) is 0 Å².